The summed E-state index contributed by atoms with van der Waals surface area (Å²) in [5.41, 5.74) is 6.84. The number of anilines is 1. The van der Waals surface area contributed by atoms with Crippen LogP contribution in [0.15, 0.2) is 23.2 Å². The maximum absolute atomic E-state index is 5.75. The van der Waals surface area contributed by atoms with Crippen LogP contribution in [-0.2, 0) is 18.7 Å². The highest BCUT2D eigenvalue weighted by Crippen LogP contribution is 2.23. The zero-order valence-electron chi connectivity index (χ0n) is 10.9. The van der Waals surface area contributed by atoms with Crippen LogP contribution in [0.1, 0.15) is 24.0 Å². The summed E-state index contributed by atoms with van der Waals surface area (Å²) in [4.78, 5) is 4.59. The second-order valence-electron chi connectivity index (χ2n) is 4.01. The van der Waals surface area contributed by atoms with Crippen LogP contribution in [0.3, 0.4) is 0 Å². The van der Waals surface area contributed by atoms with Crippen molar-refractivity contribution in [2.75, 3.05) is 5.73 Å². The van der Waals surface area contributed by atoms with Gasteiger partial charge in [-0.05, 0) is 12.8 Å². The van der Waals surface area contributed by atoms with Crippen LogP contribution in [-0.4, -0.2) is 19.7 Å². The van der Waals surface area contributed by atoms with Crippen molar-refractivity contribution >= 4 is 29.0 Å². The van der Waals surface area contributed by atoms with E-state index in [0.717, 1.165) is 29.4 Å². The first-order valence-corrected chi connectivity index (χ1v) is 7.96. The molecule has 0 saturated carbocycles. The summed E-state index contributed by atoms with van der Waals surface area (Å²) in [6.45, 7) is 6.50. The first kappa shape index (κ1) is 14.1. The molecule has 19 heavy (non-hydrogen) atoms. The minimum atomic E-state index is 0.423. The number of nitrogen functional groups attached to an aromatic ring is 1. The van der Waals surface area contributed by atoms with Crippen LogP contribution < -0.4 is 5.73 Å². The fourth-order valence-electron chi connectivity index (χ4n) is 1.59. The highest BCUT2D eigenvalue weighted by Gasteiger charge is 2.10. The van der Waals surface area contributed by atoms with Gasteiger partial charge in [-0.15, -0.1) is 28.1 Å². The van der Waals surface area contributed by atoms with Crippen LogP contribution in [0, 0.1) is 0 Å². The van der Waals surface area contributed by atoms with E-state index in [4.69, 9.17) is 5.73 Å². The van der Waals surface area contributed by atoms with Crippen molar-refractivity contribution in [3.8, 4) is 0 Å². The Kier molecular flexibility index (Phi) is 4.98. The Balaban J connectivity index is 1.99. The third kappa shape index (κ3) is 3.57. The molecule has 0 bridgehead atoms. The Bertz CT molecular complexity index is 546. The average Bonchev–Trinajstić information content (AvgIpc) is 2.97. The van der Waals surface area contributed by atoms with E-state index in [1.807, 2.05) is 4.57 Å². The van der Waals surface area contributed by atoms with Crippen molar-refractivity contribution < 1.29 is 0 Å². The van der Waals surface area contributed by atoms with Gasteiger partial charge in [-0.2, -0.15) is 0 Å². The van der Waals surface area contributed by atoms with E-state index >= 15 is 0 Å². The number of allylic oxidation sites excluding steroid dienone is 1. The molecule has 2 aromatic heterocycles. The normalized spacial score (nSPS) is 10.8. The number of hydrogen-bond acceptors (Lipinski definition) is 6. The zero-order valence-corrected chi connectivity index (χ0v) is 12.5. The summed E-state index contributed by atoms with van der Waals surface area (Å²) in [5, 5.41) is 12.1. The molecule has 2 N–H and O–H groups in total. The predicted molar refractivity (Wildman–Crippen MR) is 80.3 cm³/mol. The Hall–Kier alpha value is -1.34. The van der Waals surface area contributed by atoms with Gasteiger partial charge < -0.3 is 5.73 Å². The highest BCUT2D eigenvalue weighted by molar-refractivity contribution is 7.98. The van der Waals surface area contributed by atoms with Crippen molar-refractivity contribution in [3.05, 3.63) is 28.7 Å². The first-order valence-electron chi connectivity index (χ1n) is 6.10. The van der Waals surface area contributed by atoms with Crippen molar-refractivity contribution in [2.45, 2.75) is 37.2 Å². The molecule has 0 unspecified atom stereocenters. The fraction of sp³-hybridized carbons (Fsp3) is 0.417. The molecule has 0 aliphatic carbocycles. The zero-order chi connectivity index (χ0) is 13.7. The monoisotopic (exact) mass is 295 g/mol. The van der Waals surface area contributed by atoms with Gasteiger partial charge in [0.05, 0.1) is 10.7 Å². The SMILES string of the molecule is C=CCn1c(N)nnc1SCc1csc(CCC)n1. The van der Waals surface area contributed by atoms with E-state index in [0.29, 0.717) is 12.5 Å². The standard InChI is InChI=1S/C12H17N5S2/c1-3-5-10-14-9(7-18-10)8-19-12-16-15-11(13)17(12)6-4-2/h4,7H,2-3,5-6,8H2,1H3,(H2,13,15). The second-order valence-corrected chi connectivity index (χ2v) is 5.90. The first-order chi connectivity index (χ1) is 9.24. The number of thiazole rings is 1. The summed E-state index contributed by atoms with van der Waals surface area (Å²) in [6, 6.07) is 0. The van der Waals surface area contributed by atoms with Crippen molar-refractivity contribution in [1.29, 1.82) is 0 Å². The largest absolute Gasteiger partial charge is 0.368 e. The summed E-state index contributed by atoms with van der Waals surface area (Å²) >= 11 is 3.32. The van der Waals surface area contributed by atoms with Crippen LogP contribution in [0.5, 0.6) is 0 Å². The highest BCUT2D eigenvalue weighted by atomic mass is 32.2. The van der Waals surface area contributed by atoms with Gasteiger partial charge in [0.1, 0.15) is 0 Å². The molecular formula is C12H17N5S2. The lowest BCUT2D eigenvalue weighted by molar-refractivity contribution is 0.733. The molecule has 0 aliphatic rings. The third-order valence-electron chi connectivity index (χ3n) is 2.47. The van der Waals surface area contributed by atoms with E-state index in [-0.39, 0.29) is 0 Å². The minimum Gasteiger partial charge on any atom is -0.368 e. The Morgan fingerprint density at radius 1 is 1.53 bits per heavy atom. The van der Waals surface area contributed by atoms with E-state index in [9.17, 15) is 0 Å². The van der Waals surface area contributed by atoms with Gasteiger partial charge in [0.15, 0.2) is 5.16 Å². The maximum atomic E-state index is 5.75. The number of hydrogen-bond donors (Lipinski definition) is 1. The number of aromatic nitrogens is 4. The van der Waals surface area contributed by atoms with Crippen LogP contribution in [0.2, 0.25) is 0 Å². The topological polar surface area (TPSA) is 69.6 Å². The molecule has 0 amide bonds. The Morgan fingerprint density at radius 2 is 2.37 bits per heavy atom. The molecule has 2 rings (SSSR count). The van der Waals surface area contributed by atoms with E-state index in [1.54, 1.807) is 29.2 Å². The summed E-state index contributed by atoms with van der Waals surface area (Å²) < 4.78 is 1.84. The molecule has 0 fully saturated rings. The number of thioether (sulfide) groups is 1. The van der Waals surface area contributed by atoms with Gasteiger partial charge in [-0.1, -0.05) is 24.8 Å². The number of aryl methyl sites for hydroxylation is 1. The van der Waals surface area contributed by atoms with E-state index < -0.39 is 0 Å². The lowest BCUT2D eigenvalue weighted by atomic mass is 10.3. The fourth-order valence-corrected chi connectivity index (χ4v) is 3.44. The molecule has 2 aromatic rings. The molecule has 102 valence electrons. The number of rotatable bonds is 7. The molecule has 0 aliphatic heterocycles. The van der Waals surface area contributed by atoms with E-state index in [2.05, 4.69) is 34.1 Å². The maximum Gasteiger partial charge on any atom is 0.222 e. The van der Waals surface area contributed by atoms with Gasteiger partial charge in [-0.3, -0.25) is 4.57 Å². The molecular weight excluding hydrogens is 278 g/mol. The molecule has 0 radical (unpaired) electrons. The summed E-state index contributed by atoms with van der Waals surface area (Å²) in [6.07, 6.45) is 3.96. The Labute approximate surface area is 121 Å². The molecule has 0 spiro atoms. The quantitative estimate of drug-likeness (QED) is 0.628. The smallest absolute Gasteiger partial charge is 0.222 e. The van der Waals surface area contributed by atoms with Gasteiger partial charge in [0, 0.05) is 17.7 Å². The van der Waals surface area contributed by atoms with Gasteiger partial charge in [0.2, 0.25) is 5.95 Å². The van der Waals surface area contributed by atoms with Crippen molar-refractivity contribution in [3.63, 3.8) is 0 Å². The van der Waals surface area contributed by atoms with Crippen molar-refractivity contribution in [2.24, 2.45) is 0 Å². The lowest BCUT2D eigenvalue weighted by Crippen LogP contribution is -2.03. The minimum absolute atomic E-state index is 0.423. The molecule has 2 heterocycles. The summed E-state index contributed by atoms with van der Waals surface area (Å²) in [7, 11) is 0. The van der Waals surface area contributed by atoms with Crippen molar-refractivity contribution in [1.82, 2.24) is 19.7 Å². The van der Waals surface area contributed by atoms with Gasteiger partial charge >= 0.3 is 0 Å². The predicted octanol–water partition coefficient (Wildman–Crippen LogP) is 2.75. The molecule has 7 heteroatoms. The molecule has 0 aromatic carbocycles. The van der Waals surface area contributed by atoms with Crippen LogP contribution in [0.4, 0.5) is 5.95 Å². The van der Waals surface area contributed by atoms with Crippen LogP contribution >= 0.6 is 23.1 Å². The molecule has 0 atom stereocenters. The third-order valence-corrected chi connectivity index (χ3v) is 4.43. The van der Waals surface area contributed by atoms with Crippen LogP contribution in [0.25, 0.3) is 0 Å². The number of nitrogens with zero attached hydrogens (tertiary/aromatic N) is 4. The molecule has 5 nitrogen and oxygen atoms in total. The number of nitrogens with two attached hydrogens (primary N) is 1. The van der Waals surface area contributed by atoms with Gasteiger partial charge in [-0.25, -0.2) is 4.98 Å². The second kappa shape index (κ2) is 6.72. The molecule has 0 saturated heterocycles. The average molecular weight is 295 g/mol. The van der Waals surface area contributed by atoms with E-state index in [1.165, 1.54) is 5.01 Å². The van der Waals surface area contributed by atoms with Gasteiger partial charge in [0.25, 0.3) is 0 Å². The lowest BCUT2D eigenvalue weighted by Gasteiger charge is -2.03. The Morgan fingerprint density at radius 3 is 3.11 bits per heavy atom. The summed E-state index contributed by atoms with van der Waals surface area (Å²) in [5.74, 6) is 1.21.